The lowest BCUT2D eigenvalue weighted by Crippen LogP contribution is -2.31. The van der Waals surface area contributed by atoms with E-state index in [0.29, 0.717) is 12.1 Å². The molecule has 0 aromatic carbocycles. The summed E-state index contributed by atoms with van der Waals surface area (Å²) < 4.78 is 5.81. The molecule has 1 aromatic rings. The van der Waals surface area contributed by atoms with Crippen molar-refractivity contribution in [1.29, 1.82) is 0 Å². The molecule has 13 heavy (non-hydrogen) atoms. The maximum atomic E-state index is 5.82. The molecule has 0 amide bonds. The Hall–Kier alpha value is -0.540. The van der Waals surface area contributed by atoms with Crippen LogP contribution in [-0.4, -0.2) is 12.1 Å². The average Bonchev–Trinajstić information content (AvgIpc) is 2.62. The van der Waals surface area contributed by atoms with Gasteiger partial charge in [0, 0.05) is 6.04 Å². The maximum absolute atomic E-state index is 5.82. The van der Waals surface area contributed by atoms with E-state index in [0.717, 1.165) is 30.7 Å². The van der Waals surface area contributed by atoms with Crippen LogP contribution in [0.25, 0.3) is 0 Å². The lowest BCUT2D eigenvalue weighted by Gasteiger charge is -2.25. The van der Waals surface area contributed by atoms with Crippen LogP contribution in [0.4, 0.5) is 0 Å². The van der Waals surface area contributed by atoms with Crippen LogP contribution < -0.4 is 10.5 Å². The molecule has 0 bridgehead atoms. The predicted octanol–water partition coefficient (Wildman–Crippen LogP) is 2.40. The first-order valence-corrected chi connectivity index (χ1v) is 5.68. The number of thiophene rings is 1. The van der Waals surface area contributed by atoms with E-state index in [1.807, 2.05) is 17.5 Å². The number of hydrogen-bond donors (Lipinski definition) is 1. The highest BCUT2D eigenvalue weighted by molar-refractivity contribution is 7.11. The number of rotatable bonds is 2. The molecule has 0 spiro atoms. The van der Waals surface area contributed by atoms with E-state index in [1.54, 1.807) is 11.3 Å². The van der Waals surface area contributed by atoms with Crippen molar-refractivity contribution in [1.82, 2.24) is 0 Å². The quantitative estimate of drug-likeness (QED) is 0.790. The van der Waals surface area contributed by atoms with Crippen LogP contribution in [-0.2, 0) is 0 Å². The molecule has 0 atom stereocenters. The van der Waals surface area contributed by atoms with Gasteiger partial charge >= 0.3 is 0 Å². The third-order valence-corrected chi connectivity index (χ3v) is 3.25. The van der Waals surface area contributed by atoms with Crippen LogP contribution in [0, 0.1) is 0 Å². The van der Waals surface area contributed by atoms with Crippen LogP contribution >= 0.6 is 11.3 Å². The van der Waals surface area contributed by atoms with Crippen LogP contribution in [0.15, 0.2) is 17.5 Å². The zero-order valence-electron chi connectivity index (χ0n) is 7.61. The summed E-state index contributed by atoms with van der Waals surface area (Å²) >= 11 is 1.66. The molecular weight excluding hydrogens is 182 g/mol. The summed E-state index contributed by atoms with van der Waals surface area (Å²) in [5.41, 5.74) is 5.82. The van der Waals surface area contributed by atoms with Crippen molar-refractivity contribution in [2.45, 2.75) is 37.8 Å². The molecule has 0 radical (unpaired) electrons. The fraction of sp³-hybridized carbons (Fsp3) is 0.600. The van der Waals surface area contributed by atoms with Gasteiger partial charge in [-0.05, 0) is 43.2 Å². The number of hydrogen-bond acceptors (Lipinski definition) is 3. The van der Waals surface area contributed by atoms with Crippen molar-refractivity contribution in [2.24, 2.45) is 5.73 Å². The fourth-order valence-corrected chi connectivity index (χ4v) is 2.34. The average molecular weight is 197 g/mol. The molecule has 0 saturated heterocycles. The molecule has 0 unspecified atom stereocenters. The Morgan fingerprint density at radius 3 is 2.69 bits per heavy atom. The van der Waals surface area contributed by atoms with Gasteiger partial charge in [0.05, 0.1) is 6.10 Å². The van der Waals surface area contributed by atoms with Gasteiger partial charge < -0.3 is 10.5 Å². The highest BCUT2D eigenvalue weighted by Gasteiger charge is 2.19. The lowest BCUT2D eigenvalue weighted by atomic mass is 9.94. The molecule has 1 aliphatic rings. The minimum absolute atomic E-state index is 0.401. The molecule has 1 aromatic heterocycles. The van der Waals surface area contributed by atoms with Gasteiger partial charge in [-0.2, -0.15) is 0 Å². The van der Waals surface area contributed by atoms with Crippen LogP contribution in [0.2, 0.25) is 0 Å². The SMILES string of the molecule is NC1CCC(Oc2cccs2)CC1. The van der Waals surface area contributed by atoms with E-state index in [9.17, 15) is 0 Å². The van der Waals surface area contributed by atoms with Gasteiger partial charge in [0.2, 0.25) is 0 Å². The minimum atomic E-state index is 0.401. The number of ether oxygens (including phenoxy) is 1. The van der Waals surface area contributed by atoms with Crippen LogP contribution in [0.5, 0.6) is 5.06 Å². The second-order valence-electron chi connectivity index (χ2n) is 3.59. The monoisotopic (exact) mass is 197 g/mol. The molecule has 1 heterocycles. The Morgan fingerprint density at radius 1 is 1.31 bits per heavy atom. The van der Waals surface area contributed by atoms with Gasteiger partial charge in [-0.25, -0.2) is 0 Å². The van der Waals surface area contributed by atoms with Gasteiger partial charge in [0.15, 0.2) is 5.06 Å². The Morgan fingerprint density at radius 2 is 2.08 bits per heavy atom. The summed E-state index contributed by atoms with van der Waals surface area (Å²) in [6, 6.07) is 4.46. The first kappa shape index (κ1) is 9.03. The van der Waals surface area contributed by atoms with E-state index in [-0.39, 0.29) is 0 Å². The highest BCUT2D eigenvalue weighted by Crippen LogP contribution is 2.25. The van der Waals surface area contributed by atoms with Crippen molar-refractivity contribution < 1.29 is 4.74 Å². The van der Waals surface area contributed by atoms with Crippen molar-refractivity contribution >= 4 is 11.3 Å². The zero-order valence-corrected chi connectivity index (χ0v) is 8.43. The van der Waals surface area contributed by atoms with Crippen molar-refractivity contribution in [3.05, 3.63) is 17.5 Å². The smallest absolute Gasteiger partial charge is 0.174 e. The Bertz CT molecular complexity index is 239. The fourth-order valence-electron chi connectivity index (χ4n) is 1.70. The largest absolute Gasteiger partial charge is 0.481 e. The molecular formula is C10H15NOS. The summed E-state index contributed by atoms with van der Waals surface area (Å²) in [6.45, 7) is 0. The maximum Gasteiger partial charge on any atom is 0.174 e. The molecule has 1 aliphatic carbocycles. The summed E-state index contributed by atoms with van der Waals surface area (Å²) in [4.78, 5) is 0. The third-order valence-electron chi connectivity index (χ3n) is 2.50. The summed E-state index contributed by atoms with van der Waals surface area (Å²) in [5.74, 6) is 0. The first-order chi connectivity index (χ1) is 6.34. The van der Waals surface area contributed by atoms with E-state index < -0.39 is 0 Å². The Kier molecular flexibility index (Phi) is 2.86. The van der Waals surface area contributed by atoms with E-state index in [1.165, 1.54) is 0 Å². The van der Waals surface area contributed by atoms with E-state index in [2.05, 4.69) is 0 Å². The van der Waals surface area contributed by atoms with Gasteiger partial charge in [0.25, 0.3) is 0 Å². The van der Waals surface area contributed by atoms with Gasteiger partial charge in [-0.15, -0.1) is 11.3 Å². The molecule has 2 N–H and O–H groups in total. The normalized spacial score (nSPS) is 28.7. The molecule has 0 aliphatic heterocycles. The van der Waals surface area contributed by atoms with Crippen molar-refractivity contribution in [3.8, 4) is 5.06 Å². The third kappa shape index (κ3) is 2.45. The second kappa shape index (κ2) is 4.11. The van der Waals surface area contributed by atoms with Crippen LogP contribution in [0.1, 0.15) is 25.7 Å². The number of nitrogens with two attached hydrogens (primary N) is 1. The molecule has 72 valence electrons. The summed E-state index contributed by atoms with van der Waals surface area (Å²) in [6.07, 6.45) is 4.84. The van der Waals surface area contributed by atoms with E-state index in [4.69, 9.17) is 10.5 Å². The standard InChI is InChI=1S/C10H15NOS/c11-8-3-5-9(6-4-8)12-10-2-1-7-13-10/h1-2,7-9H,3-6,11H2. The topological polar surface area (TPSA) is 35.2 Å². The Balaban J connectivity index is 1.83. The van der Waals surface area contributed by atoms with Crippen molar-refractivity contribution in [3.63, 3.8) is 0 Å². The van der Waals surface area contributed by atoms with Gasteiger partial charge in [0.1, 0.15) is 0 Å². The summed E-state index contributed by atoms with van der Waals surface area (Å²) in [7, 11) is 0. The molecule has 3 heteroatoms. The highest BCUT2D eigenvalue weighted by atomic mass is 32.1. The van der Waals surface area contributed by atoms with Gasteiger partial charge in [-0.1, -0.05) is 0 Å². The summed E-state index contributed by atoms with van der Waals surface area (Å²) in [5, 5.41) is 3.09. The van der Waals surface area contributed by atoms with E-state index >= 15 is 0 Å². The first-order valence-electron chi connectivity index (χ1n) is 4.80. The molecule has 2 rings (SSSR count). The van der Waals surface area contributed by atoms with Gasteiger partial charge in [-0.3, -0.25) is 0 Å². The predicted molar refractivity (Wildman–Crippen MR) is 55.2 cm³/mol. The van der Waals surface area contributed by atoms with Crippen LogP contribution in [0.3, 0.4) is 0 Å². The molecule has 1 fully saturated rings. The Labute approximate surface area is 82.7 Å². The minimum Gasteiger partial charge on any atom is -0.481 e. The molecule has 2 nitrogen and oxygen atoms in total. The van der Waals surface area contributed by atoms with Crippen molar-refractivity contribution in [2.75, 3.05) is 0 Å². The second-order valence-corrected chi connectivity index (χ2v) is 4.50. The lowest BCUT2D eigenvalue weighted by molar-refractivity contribution is 0.152. The molecule has 1 saturated carbocycles. The zero-order chi connectivity index (χ0) is 9.10.